The summed E-state index contributed by atoms with van der Waals surface area (Å²) in [4.78, 5) is 0. The summed E-state index contributed by atoms with van der Waals surface area (Å²) in [6.07, 6.45) is 5.33. The molecule has 0 heterocycles. The summed E-state index contributed by atoms with van der Waals surface area (Å²) in [6, 6.07) is 0. The van der Waals surface area contributed by atoms with Gasteiger partial charge < -0.3 is 0 Å². The first-order chi connectivity index (χ1) is 8.71. The molecule has 0 spiro atoms. The quantitative estimate of drug-likeness (QED) is 0.392. The van der Waals surface area contributed by atoms with Crippen LogP contribution in [0.25, 0.3) is 0 Å². The molecule has 116 valence electrons. The minimum absolute atomic E-state index is 0.238. The highest BCUT2D eigenvalue weighted by molar-refractivity contribution is 7.99. The summed E-state index contributed by atoms with van der Waals surface area (Å²) < 4.78 is 51.8. The van der Waals surface area contributed by atoms with E-state index in [1.807, 2.05) is 0 Å². The van der Waals surface area contributed by atoms with Crippen molar-refractivity contribution >= 4 is 32.0 Å². The van der Waals surface area contributed by atoms with Crippen molar-refractivity contribution in [3.05, 3.63) is 0 Å². The van der Waals surface area contributed by atoms with Crippen molar-refractivity contribution in [1.29, 1.82) is 0 Å². The van der Waals surface area contributed by atoms with Crippen LogP contribution in [0.1, 0.15) is 25.7 Å². The van der Waals surface area contributed by atoms with Crippen LogP contribution < -0.4 is 0 Å². The molecule has 0 fully saturated rings. The molecule has 0 bridgehead atoms. The average Bonchev–Trinajstić information content (AvgIpc) is 2.22. The minimum Gasteiger partial charge on any atom is -0.270 e. The van der Waals surface area contributed by atoms with Gasteiger partial charge in [-0.25, -0.2) is 0 Å². The summed E-state index contributed by atoms with van der Waals surface area (Å²) >= 11 is 1.76. The van der Waals surface area contributed by atoms with Gasteiger partial charge in [0.2, 0.25) is 0 Å². The van der Waals surface area contributed by atoms with Crippen LogP contribution in [0, 0.1) is 0 Å². The van der Waals surface area contributed by atoms with Gasteiger partial charge >= 0.3 is 0 Å². The molecule has 0 amide bonds. The Kier molecular flexibility index (Phi) is 10.1. The van der Waals surface area contributed by atoms with Gasteiger partial charge in [-0.1, -0.05) is 0 Å². The fourth-order valence-corrected chi connectivity index (χ4v) is 3.00. The smallest absolute Gasteiger partial charge is 0.264 e. The highest BCUT2D eigenvalue weighted by Crippen LogP contribution is 2.08. The first-order valence-electron chi connectivity index (χ1n) is 5.97. The Morgan fingerprint density at radius 2 is 1.11 bits per heavy atom. The molecule has 0 aromatic carbocycles. The molecule has 0 aliphatic carbocycles. The normalized spacial score (nSPS) is 12.7. The summed E-state index contributed by atoms with van der Waals surface area (Å²) in [5, 5.41) is 0. The van der Waals surface area contributed by atoms with Gasteiger partial charge in [-0.3, -0.25) is 8.37 Å². The molecule has 0 radical (unpaired) electrons. The Morgan fingerprint density at radius 3 is 1.42 bits per heavy atom. The van der Waals surface area contributed by atoms with Crippen LogP contribution in [0.2, 0.25) is 0 Å². The molecule has 0 aromatic heterocycles. The van der Waals surface area contributed by atoms with Gasteiger partial charge in [-0.15, -0.1) is 0 Å². The molecular weight excluding hydrogens is 312 g/mol. The van der Waals surface area contributed by atoms with E-state index in [4.69, 9.17) is 0 Å². The Bertz CT molecular complexity index is 375. The van der Waals surface area contributed by atoms with Crippen LogP contribution in [0.5, 0.6) is 0 Å². The second-order valence-corrected chi connectivity index (χ2v) is 8.59. The maximum absolute atomic E-state index is 10.7. The van der Waals surface area contributed by atoms with Crippen molar-refractivity contribution in [1.82, 2.24) is 0 Å². The number of hydrogen-bond donors (Lipinski definition) is 0. The van der Waals surface area contributed by atoms with E-state index in [1.54, 1.807) is 11.8 Å². The SMILES string of the molecule is CS(=O)(=O)OCCCCSCCCCOS(C)(=O)=O. The second kappa shape index (κ2) is 9.98. The van der Waals surface area contributed by atoms with Crippen LogP contribution in [0.3, 0.4) is 0 Å². The first kappa shape index (κ1) is 19.2. The number of thioether (sulfide) groups is 1. The van der Waals surface area contributed by atoms with Crippen molar-refractivity contribution in [2.75, 3.05) is 37.2 Å². The second-order valence-electron chi connectivity index (χ2n) is 4.08. The molecule has 6 nitrogen and oxygen atoms in total. The van der Waals surface area contributed by atoms with Crippen LogP contribution in [0.4, 0.5) is 0 Å². The lowest BCUT2D eigenvalue weighted by atomic mass is 10.4. The zero-order valence-corrected chi connectivity index (χ0v) is 13.8. The minimum atomic E-state index is -3.31. The van der Waals surface area contributed by atoms with E-state index >= 15 is 0 Å². The highest BCUT2D eigenvalue weighted by Gasteiger charge is 2.01. The molecular formula is C10H22O6S3. The van der Waals surface area contributed by atoms with E-state index in [1.165, 1.54) is 0 Å². The van der Waals surface area contributed by atoms with Crippen molar-refractivity contribution in [2.45, 2.75) is 25.7 Å². The summed E-state index contributed by atoms with van der Waals surface area (Å²) in [5.74, 6) is 1.89. The van der Waals surface area contributed by atoms with Gasteiger partial charge in [0, 0.05) is 0 Å². The Hall–Kier alpha value is 0.170. The van der Waals surface area contributed by atoms with Gasteiger partial charge in [0.1, 0.15) is 0 Å². The fourth-order valence-electron chi connectivity index (χ4n) is 1.14. The topological polar surface area (TPSA) is 86.7 Å². The third-order valence-corrected chi connectivity index (χ3v) is 4.31. The van der Waals surface area contributed by atoms with E-state index in [9.17, 15) is 16.8 Å². The Labute approximate surface area is 120 Å². The largest absolute Gasteiger partial charge is 0.270 e. The van der Waals surface area contributed by atoms with Gasteiger partial charge in [0.05, 0.1) is 25.7 Å². The number of hydrogen-bond acceptors (Lipinski definition) is 7. The van der Waals surface area contributed by atoms with Gasteiger partial charge in [0.25, 0.3) is 20.2 Å². The van der Waals surface area contributed by atoms with E-state index in [0.717, 1.165) is 49.7 Å². The molecule has 0 saturated carbocycles. The van der Waals surface area contributed by atoms with Crippen LogP contribution in [0.15, 0.2) is 0 Å². The summed E-state index contributed by atoms with van der Waals surface area (Å²) in [5.41, 5.74) is 0. The molecule has 0 unspecified atom stereocenters. The van der Waals surface area contributed by atoms with Crippen LogP contribution in [-0.4, -0.2) is 54.1 Å². The van der Waals surface area contributed by atoms with Crippen LogP contribution >= 0.6 is 11.8 Å². The molecule has 0 atom stereocenters. The standard InChI is InChI=1S/C10H22O6S3/c1-18(11,12)15-7-3-5-9-17-10-6-4-8-16-19(2,13)14/h3-10H2,1-2H3. The summed E-state index contributed by atoms with van der Waals surface area (Å²) in [7, 11) is -6.63. The zero-order chi connectivity index (χ0) is 14.8. The van der Waals surface area contributed by atoms with Gasteiger partial charge in [-0.05, 0) is 37.2 Å². The summed E-state index contributed by atoms with van der Waals surface area (Å²) in [6.45, 7) is 0.475. The Morgan fingerprint density at radius 1 is 0.737 bits per heavy atom. The van der Waals surface area contributed by atoms with E-state index in [0.29, 0.717) is 0 Å². The molecule has 0 aromatic rings. The lowest BCUT2D eigenvalue weighted by Gasteiger charge is -2.03. The van der Waals surface area contributed by atoms with E-state index in [-0.39, 0.29) is 13.2 Å². The zero-order valence-electron chi connectivity index (χ0n) is 11.3. The molecule has 0 aliphatic rings. The van der Waals surface area contributed by atoms with Gasteiger partial charge in [-0.2, -0.15) is 28.6 Å². The van der Waals surface area contributed by atoms with Crippen LogP contribution in [-0.2, 0) is 28.6 Å². The number of rotatable bonds is 12. The van der Waals surface area contributed by atoms with E-state index in [2.05, 4.69) is 8.37 Å². The third kappa shape index (κ3) is 18.2. The lowest BCUT2D eigenvalue weighted by Crippen LogP contribution is -2.04. The molecule has 0 N–H and O–H groups in total. The third-order valence-electron chi connectivity index (χ3n) is 1.96. The molecule has 0 rings (SSSR count). The molecule has 0 aliphatic heterocycles. The van der Waals surface area contributed by atoms with Crippen molar-refractivity contribution in [2.24, 2.45) is 0 Å². The maximum Gasteiger partial charge on any atom is 0.264 e. The predicted octanol–water partition coefficient (Wildman–Crippen LogP) is 1.23. The van der Waals surface area contributed by atoms with Crippen molar-refractivity contribution in [3.63, 3.8) is 0 Å². The van der Waals surface area contributed by atoms with Gasteiger partial charge in [0.15, 0.2) is 0 Å². The highest BCUT2D eigenvalue weighted by atomic mass is 32.2. The van der Waals surface area contributed by atoms with Crippen molar-refractivity contribution < 1.29 is 25.2 Å². The lowest BCUT2D eigenvalue weighted by molar-refractivity contribution is 0.314. The molecule has 0 saturated heterocycles. The molecule has 19 heavy (non-hydrogen) atoms. The predicted molar refractivity (Wildman–Crippen MR) is 77.4 cm³/mol. The average molecular weight is 334 g/mol. The first-order valence-corrected chi connectivity index (χ1v) is 10.8. The fraction of sp³-hybridized carbons (Fsp3) is 1.00. The Balaban J connectivity index is 3.20. The number of unbranched alkanes of at least 4 members (excludes halogenated alkanes) is 2. The van der Waals surface area contributed by atoms with E-state index < -0.39 is 20.2 Å². The molecule has 9 heteroatoms. The monoisotopic (exact) mass is 334 g/mol. The maximum atomic E-state index is 10.7. The van der Waals surface area contributed by atoms with Crippen molar-refractivity contribution in [3.8, 4) is 0 Å².